The fourth-order valence-corrected chi connectivity index (χ4v) is 7.59. The number of halogens is 4. The van der Waals surface area contributed by atoms with Crippen molar-refractivity contribution < 1.29 is 51.1 Å². The lowest BCUT2D eigenvalue weighted by Gasteiger charge is -2.29. The second kappa shape index (κ2) is 17.2. The number of likely N-dealkylation sites (N-methyl/N-ethyl adjacent to an activating group) is 1. The molecule has 0 spiro atoms. The molecule has 7 amide bonds. The quantitative estimate of drug-likeness (QED) is 0.0682. The molecule has 5 N–H and O–H groups in total. The van der Waals surface area contributed by atoms with E-state index in [1.165, 1.54) is 36.3 Å². The van der Waals surface area contributed by atoms with E-state index in [1.807, 2.05) is 0 Å². The number of imide groups is 2. The molecule has 1 saturated heterocycles. The number of carbonyl (C=O) groups is 7. The number of unbranched alkanes of at least 4 members (excludes halogenated alkanes) is 1. The zero-order valence-electron chi connectivity index (χ0n) is 33.8. The van der Waals surface area contributed by atoms with Crippen LogP contribution in [0.4, 0.5) is 28.9 Å². The maximum atomic E-state index is 15.5. The number of fused-ring (bicyclic) bond motifs is 2. The molecule has 7 rings (SSSR count). The summed E-state index contributed by atoms with van der Waals surface area (Å²) in [6.07, 6.45) is -1.25. The molecule has 1 aromatic heterocycles. The van der Waals surface area contributed by atoms with Crippen molar-refractivity contribution in [1.29, 1.82) is 0 Å². The summed E-state index contributed by atoms with van der Waals surface area (Å²) in [6.45, 7) is 1.87. The summed E-state index contributed by atoms with van der Waals surface area (Å²) in [5.74, 6) is -5.30. The van der Waals surface area contributed by atoms with Gasteiger partial charge in [0.2, 0.25) is 17.7 Å². The number of hydrogen-bond acceptors (Lipinski definition) is 10. The smallest absolute Gasteiger partial charge is 0.387 e. The van der Waals surface area contributed by atoms with E-state index in [0.29, 0.717) is 18.5 Å². The van der Waals surface area contributed by atoms with E-state index >= 15 is 4.39 Å². The molecule has 62 heavy (non-hydrogen) atoms. The summed E-state index contributed by atoms with van der Waals surface area (Å²) >= 11 is 0. The summed E-state index contributed by atoms with van der Waals surface area (Å²) in [4.78, 5) is 96.4. The molecule has 2 aliphatic heterocycles. The maximum Gasteiger partial charge on any atom is 0.417 e. The van der Waals surface area contributed by atoms with Gasteiger partial charge in [-0.2, -0.15) is 13.2 Å². The largest absolute Gasteiger partial charge is 0.417 e. The molecule has 4 aromatic rings. The first-order valence-electron chi connectivity index (χ1n) is 20.0. The van der Waals surface area contributed by atoms with Crippen LogP contribution in [0.3, 0.4) is 0 Å². The Hall–Kier alpha value is -6.92. The molecule has 0 radical (unpaired) electrons. The van der Waals surface area contributed by atoms with Crippen molar-refractivity contribution >= 4 is 63.6 Å². The second-order valence-corrected chi connectivity index (χ2v) is 15.3. The SMILES string of the molecule is CNc1c(C(=O)NC2CC2)cnc2cc(C(F)(F)F)c(-c3ccc(C(=O)NCCCCNC(=O)C(C)N(C)c4cccc5c4C(=O)N(C4CCC(=O)NC4=O)C5=O)c(F)c3)cc12. The fourth-order valence-electron chi connectivity index (χ4n) is 7.59. The van der Waals surface area contributed by atoms with Crippen LogP contribution in [-0.4, -0.2) is 96.5 Å². The van der Waals surface area contributed by atoms with Gasteiger partial charge in [-0.3, -0.25) is 48.8 Å². The van der Waals surface area contributed by atoms with Gasteiger partial charge in [0.15, 0.2) is 0 Å². The number of aromatic nitrogens is 1. The zero-order chi connectivity index (χ0) is 44.6. The van der Waals surface area contributed by atoms with Gasteiger partial charge < -0.3 is 26.2 Å². The van der Waals surface area contributed by atoms with E-state index in [2.05, 4.69) is 31.6 Å². The molecular weight excluding hydrogens is 817 g/mol. The minimum absolute atomic E-state index is 0.00229. The summed E-state index contributed by atoms with van der Waals surface area (Å²) in [6, 6.07) is 7.85. The molecule has 3 heterocycles. The van der Waals surface area contributed by atoms with E-state index in [0.717, 1.165) is 35.9 Å². The number of piperidine rings is 1. The number of rotatable bonds is 14. The Bertz CT molecular complexity index is 2540. The summed E-state index contributed by atoms with van der Waals surface area (Å²) in [5.41, 5.74) is -1.21. The van der Waals surface area contributed by atoms with Crippen molar-refractivity contribution in [2.24, 2.45) is 0 Å². The zero-order valence-corrected chi connectivity index (χ0v) is 33.8. The van der Waals surface area contributed by atoms with Gasteiger partial charge in [0.05, 0.1) is 44.7 Å². The minimum atomic E-state index is -4.85. The first-order valence-corrected chi connectivity index (χ1v) is 20.0. The predicted molar refractivity (Wildman–Crippen MR) is 218 cm³/mol. The van der Waals surface area contributed by atoms with E-state index in [1.54, 1.807) is 26.1 Å². The number of anilines is 2. The summed E-state index contributed by atoms with van der Waals surface area (Å²) in [7, 11) is 3.11. The lowest BCUT2D eigenvalue weighted by molar-refractivity contribution is -0.137. The van der Waals surface area contributed by atoms with Crippen molar-refractivity contribution in [3.05, 3.63) is 88.4 Å². The first-order chi connectivity index (χ1) is 29.5. The van der Waals surface area contributed by atoms with Crippen LogP contribution >= 0.6 is 0 Å². The highest BCUT2D eigenvalue weighted by Crippen LogP contribution is 2.42. The van der Waals surface area contributed by atoms with Gasteiger partial charge in [-0.15, -0.1) is 0 Å². The number of amides is 7. The van der Waals surface area contributed by atoms with Crippen LogP contribution in [-0.2, 0) is 20.6 Å². The predicted octanol–water partition coefficient (Wildman–Crippen LogP) is 4.55. The van der Waals surface area contributed by atoms with Gasteiger partial charge in [-0.25, -0.2) is 4.39 Å². The Morgan fingerprint density at radius 2 is 1.65 bits per heavy atom. The van der Waals surface area contributed by atoms with Crippen LogP contribution in [0.5, 0.6) is 0 Å². The number of pyridine rings is 1. The van der Waals surface area contributed by atoms with Crippen LogP contribution in [0.2, 0.25) is 0 Å². The molecule has 3 aromatic carbocycles. The fraction of sp³-hybridized carbons (Fsp3) is 0.349. The number of alkyl halides is 3. The second-order valence-electron chi connectivity index (χ2n) is 15.3. The molecular formula is C43H42F4N8O7. The maximum absolute atomic E-state index is 15.5. The topological polar surface area (TPSA) is 199 Å². The highest BCUT2D eigenvalue weighted by molar-refractivity contribution is 6.25. The van der Waals surface area contributed by atoms with Crippen molar-refractivity contribution in [3.8, 4) is 11.1 Å². The third kappa shape index (κ3) is 8.51. The average Bonchev–Trinajstić information content (AvgIpc) is 4.02. The lowest BCUT2D eigenvalue weighted by Crippen LogP contribution is -2.54. The Kier molecular flexibility index (Phi) is 12.0. The molecule has 19 heteroatoms. The van der Waals surface area contributed by atoms with Crippen molar-refractivity contribution in [3.63, 3.8) is 0 Å². The Labute approximate surface area is 352 Å². The Balaban J connectivity index is 0.943. The molecule has 0 bridgehead atoms. The van der Waals surface area contributed by atoms with Crippen molar-refractivity contribution in [2.45, 2.75) is 69.8 Å². The lowest BCUT2D eigenvalue weighted by atomic mass is 9.94. The third-order valence-corrected chi connectivity index (χ3v) is 11.2. The summed E-state index contributed by atoms with van der Waals surface area (Å²) < 4.78 is 58.5. The highest BCUT2D eigenvalue weighted by Gasteiger charge is 2.46. The molecule has 2 atom stereocenters. The normalized spacial score (nSPS) is 16.8. The molecule has 2 fully saturated rings. The number of nitrogens with one attached hydrogen (secondary N) is 5. The average molecular weight is 859 g/mol. The summed E-state index contributed by atoms with van der Waals surface area (Å²) in [5, 5.41) is 13.5. The van der Waals surface area contributed by atoms with Gasteiger partial charge >= 0.3 is 6.18 Å². The van der Waals surface area contributed by atoms with Crippen molar-refractivity contribution in [1.82, 2.24) is 31.2 Å². The number of carbonyl (C=O) groups excluding carboxylic acids is 7. The van der Waals surface area contributed by atoms with Crippen LogP contribution in [0, 0.1) is 5.82 Å². The van der Waals surface area contributed by atoms with Crippen LogP contribution in [0.15, 0.2) is 54.7 Å². The molecule has 324 valence electrons. The Morgan fingerprint density at radius 1 is 0.919 bits per heavy atom. The number of nitrogens with zero attached hydrogens (tertiary/aromatic N) is 3. The van der Waals surface area contributed by atoms with Crippen LogP contribution in [0.25, 0.3) is 22.0 Å². The number of hydrogen-bond donors (Lipinski definition) is 5. The highest BCUT2D eigenvalue weighted by atomic mass is 19.4. The van der Waals surface area contributed by atoms with Crippen LogP contribution in [0.1, 0.15) is 92.4 Å². The van der Waals surface area contributed by atoms with E-state index < -0.39 is 76.6 Å². The standard InChI is InChI=1S/C43H42F4N8O7/c1-21(54(3)32-8-6-7-25-35(32)42(62)55(41(25)61)33-13-14-34(56)53-40(33)60)37(57)49-15-4-5-16-50-38(58)24-12-9-22(17-30(24)44)26-18-27-31(19-29(26)43(45,46)47)51-20-28(36(27)48-2)39(59)52-23-10-11-23/h6-9,12,17-21,23,33H,4-5,10-11,13-16H2,1-3H3,(H,48,51)(H,49,57)(H,50,58)(H,52,59)(H,53,56,60). The first kappa shape index (κ1) is 43.2. The third-order valence-electron chi connectivity index (χ3n) is 11.2. The molecule has 15 nitrogen and oxygen atoms in total. The van der Waals surface area contributed by atoms with Gasteiger partial charge in [0.25, 0.3) is 23.6 Å². The monoisotopic (exact) mass is 858 g/mol. The minimum Gasteiger partial charge on any atom is -0.387 e. The van der Waals surface area contributed by atoms with Gasteiger partial charge in [-0.1, -0.05) is 12.1 Å². The van der Waals surface area contributed by atoms with Gasteiger partial charge in [0.1, 0.15) is 17.9 Å². The molecule has 1 aliphatic carbocycles. The number of benzene rings is 3. The molecule has 1 saturated carbocycles. The Morgan fingerprint density at radius 3 is 2.31 bits per heavy atom. The van der Waals surface area contributed by atoms with Gasteiger partial charge in [-0.05, 0) is 86.6 Å². The van der Waals surface area contributed by atoms with E-state index in [9.17, 15) is 46.7 Å². The van der Waals surface area contributed by atoms with E-state index in [-0.39, 0.29) is 76.4 Å². The molecule has 3 aliphatic rings. The van der Waals surface area contributed by atoms with Crippen LogP contribution < -0.4 is 31.5 Å². The molecule has 2 unspecified atom stereocenters. The van der Waals surface area contributed by atoms with Gasteiger partial charge in [0, 0.05) is 51.2 Å². The van der Waals surface area contributed by atoms with Crippen molar-refractivity contribution in [2.75, 3.05) is 37.4 Å². The van der Waals surface area contributed by atoms with E-state index in [4.69, 9.17) is 0 Å².